The van der Waals surface area contributed by atoms with Crippen molar-refractivity contribution in [2.45, 2.75) is 12.8 Å². The summed E-state index contributed by atoms with van der Waals surface area (Å²) in [6, 6.07) is 2.87. The number of anilines is 1. The molecule has 5 nitrogen and oxygen atoms in total. The lowest BCUT2D eigenvalue weighted by molar-refractivity contribution is 0.112. The number of nitrogens with zero attached hydrogens (tertiary/aromatic N) is 3. The van der Waals surface area contributed by atoms with E-state index in [0.717, 1.165) is 37.4 Å². The molecular weight excluding hydrogens is 283 g/mol. The van der Waals surface area contributed by atoms with Crippen molar-refractivity contribution < 1.29 is 9.18 Å². The van der Waals surface area contributed by atoms with Crippen LogP contribution in [0.5, 0.6) is 0 Å². The average molecular weight is 300 g/mol. The topological polar surface area (TPSA) is 58.1 Å². The maximum atomic E-state index is 13.7. The van der Waals surface area contributed by atoms with Gasteiger partial charge in [-0.05, 0) is 32.0 Å². The summed E-state index contributed by atoms with van der Waals surface area (Å²) in [6.07, 6.45) is 4.36. The Morgan fingerprint density at radius 2 is 2.00 bits per heavy atom. The molecule has 0 amide bonds. The van der Waals surface area contributed by atoms with E-state index in [1.807, 2.05) is 0 Å². The molecule has 2 aliphatic heterocycles. The van der Waals surface area contributed by atoms with Gasteiger partial charge in [0.1, 0.15) is 18.0 Å². The second-order valence-corrected chi connectivity index (χ2v) is 6.31. The average Bonchev–Trinajstić information content (AvgIpc) is 2.52. The number of rotatable bonds is 2. The molecule has 0 bridgehead atoms. The van der Waals surface area contributed by atoms with Gasteiger partial charge in [0.25, 0.3) is 0 Å². The molecule has 0 radical (unpaired) electrons. The molecule has 2 saturated heterocycles. The quantitative estimate of drug-likeness (QED) is 0.857. The van der Waals surface area contributed by atoms with Gasteiger partial charge in [0.15, 0.2) is 6.29 Å². The first-order chi connectivity index (χ1) is 10.7. The van der Waals surface area contributed by atoms with Crippen molar-refractivity contribution >= 4 is 23.0 Å². The lowest BCUT2D eigenvalue weighted by Gasteiger charge is -2.53. The summed E-state index contributed by atoms with van der Waals surface area (Å²) in [5, 5.41) is 4.13. The summed E-state index contributed by atoms with van der Waals surface area (Å²) in [5.41, 5.74) is 0.982. The van der Waals surface area contributed by atoms with E-state index in [2.05, 4.69) is 20.2 Å². The van der Waals surface area contributed by atoms with E-state index in [9.17, 15) is 9.18 Å². The van der Waals surface area contributed by atoms with Crippen molar-refractivity contribution in [1.82, 2.24) is 15.3 Å². The SMILES string of the molecule is O=Cc1cc2c(N3CC4(CCNCC4)C3)ncnc2cc1F. The first kappa shape index (κ1) is 13.6. The van der Waals surface area contributed by atoms with Crippen LogP contribution < -0.4 is 10.2 Å². The molecule has 6 heteroatoms. The van der Waals surface area contributed by atoms with Gasteiger partial charge in [-0.1, -0.05) is 0 Å². The number of fused-ring (bicyclic) bond motifs is 1. The Labute approximate surface area is 127 Å². The number of aromatic nitrogens is 2. The van der Waals surface area contributed by atoms with E-state index in [4.69, 9.17) is 0 Å². The van der Waals surface area contributed by atoms with E-state index in [1.165, 1.54) is 25.2 Å². The molecule has 2 aromatic rings. The van der Waals surface area contributed by atoms with Gasteiger partial charge in [0.05, 0.1) is 11.1 Å². The number of carbonyl (C=O) groups is 1. The number of piperidine rings is 1. The Hall–Kier alpha value is -2.08. The van der Waals surface area contributed by atoms with Crippen molar-refractivity contribution in [2.75, 3.05) is 31.1 Å². The number of aldehydes is 1. The lowest BCUT2D eigenvalue weighted by atomic mass is 9.72. The fraction of sp³-hybridized carbons (Fsp3) is 0.438. The third-order valence-corrected chi connectivity index (χ3v) is 4.88. The van der Waals surface area contributed by atoms with Crippen molar-refractivity contribution in [3.05, 3.63) is 29.8 Å². The van der Waals surface area contributed by atoms with E-state index < -0.39 is 5.82 Å². The third-order valence-electron chi connectivity index (χ3n) is 4.88. The Balaban J connectivity index is 1.69. The van der Waals surface area contributed by atoms with Crippen LogP contribution >= 0.6 is 0 Å². The molecule has 1 N–H and O–H groups in total. The zero-order chi connectivity index (χ0) is 15.2. The van der Waals surface area contributed by atoms with Gasteiger partial charge in [0.2, 0.25) is 0 Å². The van der Waals surface area contributed by atoms with Crippen molar-refractivity contribution in [3.63, 3.8) is 0 Å². The third kappa shape index (κ3) is 2.06. The second kappa shape index (κ2) is 4.98. The molecule has 1 aromatic carbocycles. The van der Waals surface area contributed by atoms with Gasteiger partial charge in [-0.3, -0.25) is 4.79 Å². The number of halogens is 1. The molecule has 1 spiro atoms. The minimum atomic E-state index is -0.536. The molecule has 22 heavy (non-hydrogen) atoms. The van der Waals surface area contributed by atoms with Crippen LogP contribution in [0.4, 0.5) is 10.2 Å². The molecule has 0 saturated carbocycles. The maximum absolute atomic E-state index is 13.7. The van der Waals surface area contributed by atoms with Crippen molar-refractivity contribution in [3.8, 4) is 0 Å². The molecule has 3 heterocycles. The molecule has 4 rings (SSSR count). The molecule has 0 aliphatic carbocycles. The van der Waals surface area contributed by atoms with Crippen molar-refractivity contribution in [1.29, 1.82) is 0 Å². The predicted octanol–water partition coefficient (Wildman–Crippen LogP) is 1.77. The minimum Gasteiger partial charge on any atom is -0.355 e. The second-order valence-electron chi connectivity index (χ2n) is 6.31. The Bertz CT molecular complexity index is 734. The zero-order valence-electron chi connectivity index (χ0n) is 12.2. The molecule has 1 aromatic heterocycles. The standard InChI is InChI=1S/C16H17FN4O/c17-13-6-14-12(5-11(13)7-22)15(20-10-19-14)21-8-16(9-21)1-3-18-4-2-16/h5-7,10,18H,1-4,8-9H2. The summed E-state index contributed by atoms with van der Waals surface area (Å²) >= 11 is 0. The van der Waals surface area contributed by atoms with Crippen molar-refractivity contribution in [2.24, 2.45) is 5.41 Å². The van der Waals surface area contributed by atoms with E-state index >= 15 is 0 Å². The monoisotopic (exact) mass is 300 g/mol. The highest BCUT2D eigenvalue weighted by atomic mass is 19.1. The molecule has 2 aliphatic rings. The molecule has 0 unspecified atom stereocenters. The van der Waals surface area contributed by atoms with E-state index in [1.54, 1.807) is 6.07 Å². The largest absolute Gasteiger partial charge is 0.355 e. The summed E-state index contributed by atoms with van der Waals surface area (Å²) in [5.74, 6) is 0.267. The smallest absolute Gasteiger partial charge is 0.153 e. The van der Waals surface area contributed by atoms with Crippen LogP contribution in [0.25, 0.3) is 10.9 Å². The summed E-state index contributed by atoms with van der Waals surface area (Å²) in [7, 11) is 0. The summed E-state index contributed by atoms with van der Waals surface area (Å²) in [6.45, 7) is 4.07. The molecule has 0 atom stereocenters. The minimum absolute atomic E-state index is 0.0562. The highest BCUT2D eigenvalue weighted by molar-refractivity contribution is 5.94. The first-order valence-corrected chi connectivity index (χ1v) is 7.56. The number of hydrogen-bond acceptors (Lipinski definition) is 5. The summed E-state index contributed by atoms with van der Waals surface area (Å²) in [4.78, 5) is 21.7. The maximum Gasteiger partial charge on any atom is 0.153 e. The van der Waals surface area contributed by atoms with Crippen LogP contribution in [-0.4, -0.2) is 42.4 Å². The molecule has 2 fully saturated rings. The Morgan fingerprint density at radius 3 is 2.73 bits per heavy atom. The predicted molar refractivity (Wildman–Crippen MR) is 81.6 cm³/mol. The summed E-state index contributed by atoms with van der Waals surface area (Å²) < 4.78 is 13.7. The lowest BCUT2D eigenvalue weighted by Crippen LogP contribution is -2.60. The van der Waals surface area contributed by atoms with Crippen LogP contribution in [0.15, 0.2) is 18.5 Å². The van der Waals surface area contributed by atoms with Crippen LogP contribution in [0, 0.1) is 11.2 Å². The van der Waals surface area contributed by atoms with Crippen LogP contribution in [0.3, 0.4) is 0 Å². The first-order valence-electron chi connectivity index (χ1n) is 7.56. The van der Waals surface area contributed by atoms with E-state index in [-0.39, 0.29) is 5.56 Å². The van der Waals surface area contributed by atoms with Gasteiger partial charge >= 0.3 is 0 Å². The number of hydrogen-bond donors (Lipinski definition) is 1. The number of carbonyl (C=O) groups excluding carboxylic acids is 1. The Kier molecular flexibility index (Phi) is 3.07. The van der Waals surface area contributed by atoms with Gasteiger partial charge < -0.3 is 10.2 Å². The van der Waals surface area contributed by atoms with Gasteiger partial charge in [-0.2, -0.15) is 0 Å². The zero-order valence-corrected chi connectivity index (χ0v) is 12.2. The highest BCUT2D eigenvalue weighted by Crippen LogP contribution is 2.42. The van der Waals surface area contributed by atoms with Gasteiger partial charge in [-0.15, -0.1) is 0 Å². The number of benzene rings is 1. The van der Waals surface area contributed by atoms with Crippen LogP contribution in [0.1, 0.15) is 23.2 Å². The van der Waals surface area contributed by atoms with Gasteiger partial charge in [0, 0.05) is 30.0 Å². The Morgan fingerprint density at radius 1 is 1.23 bits per heavy atom. The highest BCUT2D eigenvalue weighted by Gasteiger charge is 2.44. The fourth-order valence-electron chi connectivity index (χ4n) is 3.61. The van der Waals surface area contributed by atoms with E-state index in [0.29, 0.717) is 17.2 Å². The van der Waals surface area contributed by atoms with Crippen LogP contribution in [0.2, 0.25) is 0 Å². The molecule has 114 valence electrons. The number of nitrogens with one attached hydrogen (secondary N) is 1. The van der Waals surface area contributed by atoms with Crippen LogP contribution in [-0.2, 0) is 0 Å². The molecular formula is C16H17FN4O. The normalized spacial score (nSPS) is 20.1. The van der Waals surface area contributed by atoms with Gasteiger partial charge in [-0.25, -0.2) is 14.4 Å². The fourth-order valence-corrected chi connectivity index (χ4v) is 3.61.